The number of nitrogens with one attached hydrogen (secondary N) is 1. The third kappa shape index (κ3) is 3.46. The van der Waals surface area contributed by atoms with Crippen LogP contribution in [-0.4, -0.2) is 27.1 Å². The van der Waals surface area contributed by atoms with E-state index in [1.807, 2.05) is 0 Å². The van der Waals surface area contributed by atoms with Gasteiger partial charge < -0.3 is 15.0 Å². The minimum atomic E-state index is -0.541. The molecule has 0 unspecified atom stereocenters. The highest BCUT2D eigenvalue weighted by Gasteiger charge is 2.17. The van der Waals surface area contributed by atoms with Crippen molar-refractivity contribution in [2.75, 3.05) is 11.9 Å². The molecule has 0 bridgehead atoms. The molecule has 7 nitrogen and oxygen atoms in total. The number of amides is 1. The summed E-state index contributed by atoms with van der Waals surface area (Å²) in [7, 11) is 1.58. The predicted octanol–water partition coefficient (Wildman–Crippen LogP) is 1.72. The lowest BCUT2D eigenvalue weighted by molar-refractivity contribution is -0.384. The Kier molecular flexibility index (Phi) is 4.34. The Hall–Kier alpha value is -2.67. The highest BCUT2D eigenvalue weighted by molar-refractivity contribution is 6.03. The van der Waals surface area contributed by atoms with Gasteiger partial charge in [-0.25, -0.2) is 0 Å². The molecule has 0 saturated heterocycles. The molecule has 0 radical (unpaired) electrons. The molecular formula is C14H15N3O4. The van der Waals surface area contributed by atoms with Crippen LogP contribution in [0.3, 0.4) is 0 Å². The Balaban J connectivity index is 2.12. The van der Waals surface area contributed by atoms with E-state index in [1.165, 1.54) is 16.8 Å². The lowest BCUT2D eigenvalue weighted by Crippen LogP contribution is -2.15. The lowest BCUT2D eigenvalue weighted by Gasteiger charge is -2.06. The van der Waals surface area contributed by atoms with Gasteiger partial charge >= 0.3 is 0 Å². The van der Waals surface area contributed by atoms with Gasteiger partial charge in [0.2, 0.25) is 0 Å². The zero-order chi connectivity index (χ0) is 15.4. The third-order valence-electron chi connectivity index (χ3n) is 3.05. The van der Waals surface area contributed by atoms with Crippen LogP contribution in [0.4, 0.5) is 11.4 Å². The van der Waals surface area contributed by atoms with Gasteiger partial charge in [0.1, 0.15) is 5.69 Å². The molecule has 2 N–H and O–H groups in total. The number of aromatic nitrogens is 1. The van der Waals surface area contributed by atoms with E-state index >= 15 is 0 Å². The Labute approximate surface area is 121 Å². The normalized spacial score (nSPS) is 10.4. The van der Waals surface area contributed by atoms with E-state index < -0.39 is 10.8 Å². The van der Waals surface area contributed by atoms with E-state index in [0.717, 1.165) is 5.56 Å². The van der Waals surface area contributed by atoms with Gasteiger partial charge in [0.05, 0.1) is 11.1 Å². The Bertz CT molecular complexity index is 661. The van der Waals surface area contributed by atoms with Crippen molar-refractivity contribution in [3.05, 3.63) is 57.9 Å². The number of nitro groups is 1. The quantitative estimate of drug-likeness (QED) is 0.647. The zero-order valence-corrected chi connectivity index (χ0v) is 11.4. The molecule has 7 heteroatoms. The van der Waals surface area contributed by atoms with E-state index in [0.29, 0.717) is 12.1 Å². The first kappa shape index (κ1) is 14.7. The number of rotatable bonds is 5. The molecule has 110 valence electrons. The van der Waals surface area contributed by atoms with Gasteiger partial charge in [-0.1, -0.05) is 12.1 Å². The molecule has 0 spiro atoms. The summed E-state index contributed by atoms with van der Waals surface area (Å²) in [5.74, 6) is -0.416. The summed E-state index contributed by atoms with van der Waals surface area (Å²) >= 11 is 0. The predicted molar refractivity (Wildman–Crippen MR) is 77.3 cm³/mol. The summed E-state index contributed by atoms with van der Waals surface area (Å²) in [6, 6.07) is 8.29. The molecule has 2 rings (SSSR count). The maximum absolute atomic E-state index is 12.1. The summed E-state index contributed by atoms with van der Waals surface area (Å²) in [5, 5.41) is 22.2. The van der Waals surface area contributed by atoms with Crippen LogP contribution in [0, 0.1) is 10.1 Å². The molecule has 2 aromatic rings. The smallest absolute Gasteiger partial charge is 0.287 e. The maximum Gasteiger partial charge on any atom is 0.287 e. The molecule has 0 fully saturated rings. The maximum atomic E-state index is 12.1. The fraction of sp³-hybridized carbons (Fsp3) is 0.214. The number of carbonyl (C=O) groups is 1. The number of hydrogen-bond donors (Lipinski definition) is 2. The van der Waals surface area contributed by atoms with Crippen molar-refractivity contribution >= 4 is 17.3 Å². The van der Waals surface area contributed by atoms with Crippen molar-refractivity contribution in [2.45, 2.75) is 6.42 Å². The number of aryl methyl sites for hydroxylation is 1. The van der Waals surface area contributed by atoms with E-state index in [2.05, 4.69) is 5.32 Å². The molecule has 21 heavy (non-hydrogen) atoms. The molecule has 0 aliphatic rings. The standard InChI is InChI=1S/C14H15N3O4/c1-16-9-12(17(20)21)8-13(16)14(19)15-11-4-2-10(3-5-11)6-7-18/h2-5,8-9,18H,6-7H2,1H3,(H,15,19). The molecule has 0 aliphatic heterocycles. The minimum absolute atomic E-state index is 0.0682. The van der Waals surface area contributed by atoms with Gasteiger partial charge in [0.25, 0.3) is 11.6 Å². The van der Waals surface area contributed by atoms with Crippen molar-refractivity contribution in [1.82, 2.24) is 4.57 Å². The van der Waals surface area contributed by atoms with Crippen LogP contribution < -0.4 is 5.32 Å². The van der Waals surface area contributed by atoms with E-state index in [9.17, 15) is 14.9 Å². The Morgan fingerprint density at radius 1 is 1.38 bits per heavy atom. The monoisotopic (exact) mass is 289 g/mol. The largest absolute Gasteiger partial charge is 0.396 e. The third-order valence-corrected chi connectivity index (χ3v) is 3.05. The second-order valence-corrected chi connectivity index (χ2v) is 4.58. The Morgan fingerprint density at radius 3 is 2.57 bits per heavy atom. The van der Waals surface area contributed by atoms with Gasteiger partial charge in [0.15, 0.2) is 0 Å². The van der Waals surface area contributed by atoms with Gasteiger partial charge in [-0.3, -0.25) is 14.9 Å². The van der Waals surface area contributed by atoms with E-state index in [4.69, 9.17) is 5.11 Å². The van der Waals surface area contributed by atoms with Crippen LogP contribution in [-0.2, 0) is 13.5 Å². The molecule has 0 atom stereocenters. The number of aliphatic hydroxyl groups excluding tert-OH is 1. The van der Waals surface area contributed by atoms with Crippen LogP contribution in [0.2, 0.25) is 0 Å². The average Bonchev–Trinajstić information content (AvgIpc) is 2.84. The topological polar surface area (TPSA) is 97.4 Å². The summed E-state index contributed by atoms with van der Waals surface area (Å²) in [6.07, 6.45) is 1.84. The van der Waals surface area contributed by atoms with Crippen LogP contribution in [0.15, 0.2) is 36.5 Å². The highest BCUT2D eigenvalue weighted by Crippen LogP contribution is 2.17. The number of hydrogen-bond acceptors (Lipinski definition) is 4. The summed E-state index contributed by atoms with van der Waals surface area (Å²) < 4.78 is 1.41. The molecule has 1 aromatic carbocycles. The fourth-order valence-corrected chi connectivity index (χ4v) is 1.95. The fourth-order valence-electron chi connectivity index (χ4n) is 1.95. The molecule has 1 heterocycles. The van der Waals surface area contributed by atoms with Crippen LogP contribution >= 0.6 is 0 Å². The van der Waals surface area contributed by atoms with Crippen molar-refractivity contribution < 1.29 is 14.8 Å². The van der Waals surface area contributed by atoms with Crippen molar-refractivity contribution in [2.24, 2.45) is 7.05 Å². The Morgan fingerprint density at radius 2 is 2.05 bits per heavy atom. The van der Waals surface area contributed by atoms with Crippen LogP contribution in [0.25, 0.3) is 0 Å². The second kappa shape index (κ2) is 6.19. The van der Waals surface area contributed by atoms with E-state index in [-0.39, 0.29) is 18.0 Å². The van der Waals surface area contributed by atoms with Crippen LogP contribution in [0.5, 0.6) is 0 Å². The number of benzene rings is 1. The van der Waals surface area contributed by atoms with Gasteiger partial charge in [-0.2, -0.15) is 0 Å². The van der Waals surface area contributed by atoms with Gasteiger partial charge in [-0.05, 0) is 24.1 Å². The SMILES string of the molecule is Cn1cc([N+](=O)[O-])cc1C(=O)Nc1ccc(CCO)cc1. The number of nitrogens with zero attached hydrogens (tertiary/aromatic N) is 2. The van der Waals surface area contributed by atoms with Crippen molar-refractivity contribution in [3.63, 3.8) is 0 Å². The first-order valence-corrected chi connectivity index (χ1v) is 6.33. The summed E-state index contributed by atoms with van der Waals surface area (Å²) in [6.45, 7) is 0.0682. The van der Waals surface area contributed by atoms with Crippen LogP contribution in [0.1, 0.15) is 16.1 Å². The molecule has 1 aromatic heterocycles. The summed E-state index contributed by atoms with van der Waals surface area (Å²) in [5.41, 5.74) is 1.64. The van der Waals surface area contributed by atoms with Crippen molar-refractivity contribution in [1.29, 1.82) is 0 Å². The average molecular weight is 289 g/mol. The number of anilines is 1. The second-order valence-electron chi connectivity index (χ2n) is 4.58. The molecule has 1 amide bonds. The zero-order valence-electron chi connectivity index (χ0n) is 11.4. The summed E-state index contributed by atoms with van der Waals surface area (Å²) in [4.78, 5) is 22.2. The molecule has 0 aliphatic carbocycles. The first-order valence-electron chi connectivity index (χ1n) is 6.33. The minimum Gasteiger partial charge on any atom is -0.396 e. The molecular weight excluding hydrogens is 274 g/mol. The number of aliphatic hydroxyl groups is 1. The lowest BCUT2D eigenvalue weighted by atomic mass is 10.1. The van der Waals surface area contributed by atoms with Gasteiger partial charge in [0, 0.05) is 25.4 Å². The number of carbonyl (C=O) groups excluding carboxylic acids is 1. The van der Waals surface area contributed by atoms with Crippen molar-refractivity contribution in [3.8, 4) is 0 Å². The highest BCUT2D eigenvalue weighted by atomic mass is 16.6. The first-order chi connectivity index (χ1) is 10.0. The molecule has 0 saturated carbocycles. The van der Waals surface area contributed by atoms with E-state index in [1.54, 1.807) is 31.3 Å². The van der Waals surface area contributed by atoms with Gasteiger partial charge in [-0.15, -0.1) is 0 Å².